The second kappa shape index (κ2) is 6.92. The Morgan fingerprint density at radius 3 is 2.05 bits per heavy atom. The van der Waals surface area contributed by atoms with E-state index in [1.165, 1.54) is 0 Å². The quantitative estimate of drug-likeness (QED) is 0.780. The van der Waals surface area contributed by atoms with E-state index in [9.17, 15) is 14.7 Å². The van der Waals surface area contributed by atoms with Gasteiger partial charge in [-0.05, 0) is 33.6 Å². The van der Waals surface area contributed by atoms with Crippen molar-refractivity contribution in [2.24, 2.45) is 5.41 Å². The fraction of sp³-hybridized carbons (Fsp3) is 0.867. The second-order valence-corrected chi connectivity index (χ2v) is 5.95. The normalized spacial score (nSPS) is 18.9. The van der Waals surface area contributed by atoms with Crippen LogP contribution in [-0.4, -0.2) is 34.5 Å². The van der Waals surface area contributed by atoms with E-state index in [1.54, 1.807) is 4.90 Å². The van der Waals surface area contributed by atoms with Crippen molar-refractivity contribution in [3.8, 4) is 0 Å². The maximum Gasteiger partial charge on any atom is 0.310 e. The first-order valence-electron chi connectivity index (χ1n) is 7.46. The molecule has 1 amide bonds. The Labute approximate surface area is 116 Å². The van der Waals surface area contributed by atoms with Gasteiger partial charge in [0.1, 0.15) is 0 Å². The van der Waals surface area contributed by atoms with Gasteiger partial charge in [-0.25, -0.2) is 0 Å². The highest BCUT2D eigenvalue weighted by molar-refractivity contribution is 5.85. The van der Waals surface area contributed by atoms with Crippen LogP contribution in [0.2, 0.25) is 0 Å². The molecule has 1 fully saturated rings. The lowest BCUT2D eigenvalue weighted by atomic mass is 9.77. The summed E-state index contributed by atoms with van der Waals surface area (Å²) in [5, 5.41) is 9.58. The summed E-state index contributed by atoms with van der Waals surface area (Å²) in [6.45, 7) is 6.54. The Bertz CT molecular complexity index is 317. The van der Waals surface area contributed by atoms with Crippen LogP contribution in [0.4, 0.5) is 0 Å². The zero-order valence-corrected chi connectivity index (χ0v) is 12.4. The van der Waals surface area contributed by atoms with Crippen molar-refractivity contribution < 1.29 is 14.7 Å². The largest absolute Gasteiger partial charge is 0.481 e. The molecule has 0 aliphatic heterocycles. The minimum absolute atomic E-state index is 0.0122. The molecule has 4 heteroatoms. The third kappa shape index (κ3) is 3.95. The number of amides is 1. The average molecular weight is 269 g/mol. The van der Waals surface area contributed by atoms with Gasteiger partial charge in [0.25, 0.3) is 0 Å². The monoisotopic (exact) mass is 269 g/mol. The Kier molecular flexibility index (Phi) is 5.83. The van der Waals surface area contributed by atoms with Crippen molar-refractivity contribution in [3.63, 3.8) is 0 Å². The predicted molar refractivity (Wildman–Crippen MR) is 74.9 cm³/mol. The van der Waals surface area contributed by atoms with E-state index in [0.717, 1.165) is 25.7 Å². The topological polar surface area (TPSA) is 57.6 Å². The Balaban J connectivity index is 2.83. The summed E-state index contributed by atoms with van der Waals surface area (Å²) in [5.41, 5.74) is -0.824. The molecule has 110 valence electrons. The van der Waals surface area contributed by atoms with Gasteiger partial charge in [0.2, 0.25) is 5.91 Å². The summed E-state index contributed by atoms with van der Waals surface area (Å²) >= 11 is 0. The van der Waals surface area contributed by atoms with Crippen LogP contribution in [0.3, 0.4) is 0 Å². The molecule has 0 aromatic heterocycles. The van der Waals surface area contributed by atoms with E-state index in [-0.39, 0.29) is 18.4 Å². The first kappa shape index (κ1) is 16.0. The van der Waals surface area contributed by atoms with Gasteiger partial charge in [-0.2, -0.15) is 0 Å². The summed E-state index contributed by atoms with van der Waals surface area (Å²) in [6, 6.07) is 0.133. The van der Waals surface area contributed by atoms with E-state index >= 15 is 0 Å². The number of nitrogens with zero attached hydrogens (tertiary/aromatic N) is 1. The Hall–Kier alpha value is -1.06. The lowest BCUT2D eigenvalue weighted by Gasteiger charge is -2.32. The molecule has 0 heterocycles. The standard InChI is InChI=1S/C15H27NO3/c1-4-16(12(2)3)13(17)11-15(14(18)19)9-7-5-6-8-10-15/h12H,4-11H2,1-3H3,(H,18,19). The van der Waals surface area contributed by atoms with Gasteiger partial charge >= 0.3 is 5.97 Å². The van der Waals surface area contributed by atoms with Gasteiger partial charge in [-0.3, -0.25) is 9.59 Å². The first-order valence-corrected chi connectivity index (χ1v) is 7.46. The molecule has 1 rings (SSSR count). The molecule has 0 atom stereocenters. The number of carboxylic acids is 1. The first-order chi connectivity index (χ1) is 8.93. The molecule has 0 saturated heterocycles. The maximum atomic E-state index is 12.4. The van der Waals surface area contributed by atoms with E-state index in [4.69, 9.17) is 0 Å². The molecule has 0 spiro atoms. The molecule has 0 aromatic rings. The zero-order valence-electron chi connectivity index (χ0n) is 12.4. The number of carboxylic acid groups (broad SMARTS) is 1. The Morgan fingerprint density at radius 2 is 1.68 bits per heavy atom. The molecule has 1 saturated carbocycles. The highest BCUT2D eigenvalue weighted by Gasteiger charge is 2.41. The molecule has 4 nitrogen and oxygen atoms in total. The smallest absolute Gasteiger partial charge is 0.310 e. The van der Waals surface area contributed by atoms with Gasteiger partial charge in [-0.1, -0.05) is 25.7 Å². The number of hydrogen-bond acceptors (Lipinski definition) is 2. The zero-order chi connectivity index (χ0) is 14.5. The number of rotatable bonds is 5. The SMILES string of the molecule is CCN(C(=O)CC1(C(=O)O)CCCCCC1)C(C)C. The molecule has 19 heavy (non-hydrogen) atoms. The van der Waals surface area contributed by atoms with Crippen LogP contribution in [0.1, 0.15) is 65.7 Å². The third-order valence-corrected chi connectivity index (χ3v) is 4.29. The lowest BCUT2D eigenvalue weighted by Crippen LogP contribution is -2.42. The van der Waals surface area contributed by atoms with Gasteiger partial charge in [0.15, 0.2) is 0 Å². The van der Waals surface area contributed by atoms with Crippen LogP contribution in [0, 0.1) is 5.41 Å². The Morgan fingerprint density at radius 1 is 1.16 bits per heavy atom. The lowest BCUT2D eigenvalue weighted by molar-refractivity contribution is -0.155. The van der Waals surface area contributed by atoms with Gasteiger partial charge in [-0.15, -0.1) is 0 Å². The summed E-state index contributed by atoms with van der Waals surface area (Å²) in [7, 11) is 0. The van der Waals surface area contributed by atoms with E-state index in [1.807, 2.05) is 20.8 Å². The number of aliphatic carboxylic acids is 1. The summed E-state index contributed by atoms with van der Waals surface area (Å²) < 4.78 is 0. The van der Waals surface area contributed by atoms with Crippen molar-refractivity contribution in [2.45, 2.75) is 71.8 Å². The van der Waals surface area contributed by atoms with Crippen molar-refractivity contribution in [3.05, 3.63) is 0 Å². The highest BCUT2D eigenvalue weighted by atomic mass is 16.4. The number of carbonyl (C=O) groups excluding carboxylic acids is 1. The summed E-state index contributed by atoms with van der Waals surface area (Å²) in [4.78, 5) is 25.8. The number of hydrogen-bond donors (Lipinski definition) is 1. The summed E-state index contributed by atoms with van der Waals surface area (Å²) in [5.74, 6) is -0.802. The van der Waals surface area contributed by atoms with Crippen LogP contribution >= 0.6 is 0 Å². The molecule has 1 N–H and O–H groups in total. The van der Waals surface area contributed by atoms with Crippen LogP contribution < -0.4 is 0 Å². The van der Waals surface area contributed by atoms with Crippen LogP contribution in [0.15, 0.2) is 0 Å². The van der Waals surface area contributed by atoms with Crippen molar-refractivity contribution in [1.82, 2.24) is 4.90 Å². The van der Waals surface area contributed by atoms with Crippen LogP contribution in [0.5, 0.6) is 0 Å². The van der Waals surface area contributed by atoms with Gasteiger partial charge in [0, 0.05) is 19.0 Å². The molecule has 1 aliphatic rings. The minimum atomic E-state index is -0.824. The fourth-order valence-electron chi connectivity index (χ4n) is 3.09. The molecule has 0 bridgehead atoms. The molecular formula is C15H27NO3. The maximum absolute atomic E-state index is 12.4. The van der Waals surface area contributed by atoms with E-state index in [0.29, 0.717) is 19.4 Å². The molecule has 0 aromatic carbocycles. The van der Waals surface area contributed by atoms with E-state index in [2.05, 4.69) is 0 Å². The third-order valence-electron chi connectivity index (χ3n) is 4.29. The van der Waals surface area contributed by atoms with Crippen molar-refractivity contribution in [2.75, 3.05) is 6.54 Å². The number of carbonyl (C=O) groups is 2. The molecule has 0 radical (unpaired) electrons. The van der Waals surface area contributed by atoms with Crippen LogP contribution in [0.25, 0.3) is 0 Å². The van der Waals surface area contributed by atoms with Gasteiger partial charge in [0.05, 0.1) is 5.41 Å². The summed E-state index contributed by atoms with van der Waals surface area (Å²) in [6.07, 6.45) is 5.47. The van der Waals surface area contributed by atoms with Gasteiger partial charge < -0.3 is 10.0 Å². The molecule has 0 unspecified atom stereocenters. The minimum Gasteiger partial charge on any atom is -0.481 e. The fourth-order valence-corrected chi connectivity index (χ4v) is 3.09. The average Bonchev–Trinajstić information content (AvgIpc) is 2.55. The molecule has 1 aliphatic carbocycles. The highest BCUT2D eigenvalue weighted by Crippen LogP contribution is 2.39. The van der Waals surface area contributed by atoms with Crippen LogP contribution in [-0.2, 0) is 9.59 Å². The molecular weight excluding hydrogens is 242 g/mol. The van der Waals surface area contributed by atoms with E-state index < -0.39 is 11.4 Å². The van der Waals surface area contributed by atoms with Crippen molar-refractivity contribution in [1.29, 1.82) is 0 Å². The van der Waals surface area contributed by atoms with Crippen molar-refractivity contribution >= 4 is 11.9 Å². The predicted octanol–water partition coefficient (Wildman–Crippen LogP) is 3.06. The second-order valence-electron chi connectivity index (χ2n) is 5.95.